The Labute approximate surface area is 216 Å². The van der Waals surface area contributed by atoms with Crippen LogP contribution in [0, 0.1) is 0 Å². The van der Waals surface area contributed by atoms with Gasteiger partial charge in [-0.3, -0.25) is 4.99 Å². The second-order valence-corrected chi connectivity index (χ2v) is 11.4. The van der Waals surface area contributed by atoms with E-state index in [-0.39, 0.29) is 16.4 Å². The molecule has 1 fully saturated rings. The minimum atomic E-state index is -3.63. The van der Waals surface area contributed by atoms with Crippen molar-refractivity contribution >= 4 is 22.4 Å². The number of nitrogens with one attached hydrogen (secondary N) is 1. The second kappa shape index (κ2) is 9.55. The third kappa shape index (κ3) is 4.55. The number of hydrogen-bond acceptors (Lipinski definition) is 6. The van der Waals surface area contributed by atoms with Crippen molar-refractivity contribution in [1.82, 2.24) is 5.43 Å². The Morgan fingerprint density at radius 3 is 2.62 bits per heavy atom. The number of allylic oxidation sites excluding steroid dienone is 1. The maximum Gasteiger partial charge on any atom is 0.219 e. The van der Waals surface area contributed by atoms with Crippen LogP contribution in [0.15, 0.2) is 123 Å². The van der Waals surface area contributed by atoms with Crippen molar-refractivity contribution < 1.29 is 17.7 Å². The molecule has 0 spiro atoms. The van der Waals surface area contributed by atoms with Gasteiger partial charge in [-0.2, -0.15) is 0 Å². The van der Waals surface area contributed by atoms with E-state index in [1.165, 1.54) is 5.56 Å². The molecule has 1 aliphatic carbocycles. The van der Waals surface area contributed by atoms with Crippen molar-refractivity contribution in [3.63, 3.8) is 0 Å². The molecule has 2 aliphatic heterocycles. The molecule has 186 valence electrons. The summed E-state index contributed by atoms with van der Waals surface area (Å²) in [5, 5.41) is 0. The van der Waals surface area contributed by atoms with Gasteiger partial charge in [0.05, 0.1) is 34.4 Å². The topological polar surface area (TPSA) is 80.1 Å². The van der Waals surface area contributed by atoms with Crippen molar-refractivity contribution in [3.05, 3.63) is 114 Å². The van der Waals surface area contributed by atoms with Gasteiger partial charge in [-0.1, -0.05) is 48.5 Å². The zero-order valence-electron chi connectivity index (χ0n) is 20.1. The summed E-state index contributed by atoms with van der Waals surface area (Å²) >= 11 is 0. The molecule has 6 rings (SSSR count). The Morgan fingerprint density at radius 2 is 1.76 bits per heavy atom. The summed E-state index contributed by atoms with van der Waals surface area (Å²) < 4.78 is 32.9. The molecule has 37 heavy (non-hydrogen) atoms. The first-order chi connectivity index (χ1) is 18.0. The van der Waals surface area contributed by atoms with Crippen LogP contribution >= 0.6 is 0 Å². The molecule has 7 nitrogen and oxygen atoms in total. The fourth-order valence-electron chi connectivity index (χ4n) is 4.97. The van der Waals surface area contributed by atoms with Gasteiger partial charge in [-0.05, 0) is 54.7 Å². The highest BCUT2D eigenvalue weighted by molar-refractivity contribution is 7.91. The summed E-state index contributed by atoms with van der Waals surface area (Å²) in [6.07, 6.45) is 11.4. The van der Waals surface area contributed by atoms with Crippen LogP contribution in [-0.2, 0) is 16.4 Å². The van der Waals surface area contributed by atoms with Gasteiger partial charge in [0.25, 0.3) is 0 Å². The number of nitrogens with zero attached hydrogens (tertiary/aromatic N) is 3. The predicted molar refractivity (Wildman–Crippen MR) is 142 cm³/mol. The monoisotopic (exact) mass is 511 g/mol. The summed E-state index contributed by atoms with van der Waals surface area (Å²) in [4.78, 5) is 9.06. The molecule has 3 aromatic carbocycles. The van der Waals surface area contributed by atoms with Gasteiger partial charge in [0.15, 0.2) is 5.70 Å². The minimum Gasteiger partial charge on any atom is -0.489 e. The molecule has 0 amide bonds. The van der Waals surface area contributed by atoms with Crippen molar-refractivity contribution in [2.75, 3.05) is 0 Å². The lowest BCUT2D eigenvalue weighted by Gasteiger charge is -2.40. The van der Waals surface area contributed by atoms with Crippen molar-refractivity contribution in [1.29, 1.82) is 0 Å². The predicted octanol–water partition coefficient (Wildman–Crippen LogP) is 5.10. The second-order valence-electron chi connectivity index (χ2n) is 9.45. The summed E-state index contributed by atoms with van der Waals surface area (Å²) in [5.41, 5.74) is 6.55. The van der Waals surface area contributed by atoms with Gasteiger partial charge < -0.3 is 4.74 Å². The molecule has 0 radical (unpaired) electrons. The zero-order chi connectivity index (χ0) is 25.3. The highest BCUT2D eigenvalue weighted by Crippen LogP contribution is 2.39. The van der Waals surface area contributed by atoms with E-state index in [0.717, 1.165) is 24.3 Å². The van der Waals surface area contributed by atoms with Crippen LogP contribution in [0.25, 0.3) is 0 Å². The Morgan fingerprint density at radius 1 is 0.946 bits per heavy atom. The SMILES string of the molecule is O=S(=O)(c1ccccc1)c1ccccc1COc1cccc(C2CC(N[N+]34C=CN=CC3=CN=C4)C2)c1. The summed E-state index contributed by atoms with van der Waals surface area (Å²) in [7, 11) is -3.63. The van der Waals surface area contributed by atoms with E-state index in [1.807, 2.05) is 43.2 Å². The quantitative estimate of drug-likeness (QED) is 0.427. The Hall–Kier alpha value is -3.85. The van der Waals surface area contributed by atoms with Gasteiger partial charge in [0.2, 0.25) is 16.2 Å². The zero-order valence-corrected chi connectivity index (χ0v) is 21.0. The van der Waals surface area contributed by atoms with E-state index in [2.05, 4.69) is 27.5 Å². The Bertz CT molecular complexity index is 1540. The summed E-state index contributed by atoms with van der Waals surface area (Å²) in [6.45, 7) is 0.170. The van der Waals surface area contributed by atoms with E-state index in [4.69, 9.17) is 4.74 Å². The lowest BCUT2D eigenvalue weighted by Crippen LogP contribution is -2.58. The first-order valence-corrected chi connectivity index (χ1v) is 13.7. The summed E-state index contributed by atoms with van der Waals surface area (Å²) in [6, 6.07) is 24.0. The molecule has 1 atom stereocenters. The molecule has 0 saturated heterocycles. The van der Waals surface area contributed by atoms with Crippen LogP contribution < -0.4 is 10.2 Å². The molecule has 8 heteroatoms. The smallest absolute Gasteiger partial charge is 0.219 e. The number of benzene rings is 3. The maximum atomic E-state index is 13.2. The number of aliphatic imine (C=N–C) groups is 2. The van der Waals surface area contributed by atoms with Crippen molar-refractivity contribution in [2.45, 2.75) is 41.2 Å². The van der Waals surface area contributed by atoms with Crippen LogP contribution in [0.1, 0.15) is 29.9 Å². The highest BCUT2D eigenvalue weighted by Gasteiger charge is 2.41. The van der Waals surface area contributed by atoms with E-state index in [1.54, 1.807) is 54.7 Å². The van der Waals surface area contributed by atoms with Crippen LogP contribution in [0.3, 0.4) is 0 Å². The Balaban J connectivity index is 1.11. The highest BCUT2D eigenvalue weighted by atomic mass is 32.2. The van der Waals surface area contributed by atoms with Gasteiger partial charge in [0, 0.05) is 5.56 Å². The number of fused-ring (bicyclic) bond motifs is 1. The van der Waals surface area contributed by atoms with E-state index in [9.17, 15) is 8.42 Å². The van der Waals surface area contributed by atoms with Crippen LogP contribution in [0.5, 0.6) is 5.75 Å². The standard InChI is InChI=1S/C29H27N4O3S/c34-37(35,28-10-2-1-3-11-28)29-12-5-4-7-23(29)20-36-27-9-6-8-22(17-27)24-15-25(16-24)32-33-14-13-30-18-26(33)19-31-21-33/h1-14,17-19,21,24-25,32H,15-16,20H2/q+1. The molecule has 1 unspecified atom stereocenters. The van der Waals surface area contributed by atoms with Gasteiger partial charge in [-0.15, -0.1) is 10.0 Å². The number of sulfone groups is 1. The van der Waals surface area contributed by atoms with E-state index < -0.39 is 9.84 Å². The number of quaternary nitrogens is 1. The summed E-state index contributed by atoms with van der Waals surface area (Å²) in [5.74, 6) is 1.16. The van der Waals surface area contributed by atoms with Gasteiger partial charge >= 0.3 is 0 Å². The number of hydrogen-bond donors (Lipinski definition) is 1. The van der Waals surface area contributed by atoms with Gasteiger partial charge in [0.1, 0.15) is 18.6 Å². The molecular weight excluding hydrogens is 484 g/mol. The van der Waals surface area contributed by atoms with Crippen molar-refractivity contribution in [3.8, 4) is 5.75 Å². The molecule has 1 saturated carbocycles. The van der Waals surface area contributed by atoms with E-state index >= 15 is 0 Å². The fourth-order valence-corrected chi connectivity index (χ4v) is 6.47. The number of rotatable bonds is 8. The molecule has 3 aromatic rings. The van der Waals surface area contributed by atoms with Crippen LogP contribution in [0.4, 0.5) is 0 Å². The largest absolute Gasteiger partial charge is 0.489 e. The maximum absolute atomic E-state index is 13.2. The fraction of sp³-hybridized carbons (Fsp3) is 0.172. The molecular formula is C29H27N4O3S+. The van der Waals surface area contributed by atoms with Crippen LogP contribution in [0.2, 0.25) is 0 Å². The first-order valence-electron chi connectivity index (χ1n) is 12.3. The lowest BCUT2D eigenvalue weighted by molar-refractivity contribution is -0.788. The third-order valence-electron chi connectivity index (χ3n) is 7.05. The molecule has 3 aliphatic rings. The minimum absolute atomic E-state index is 0.170. The normalized spacial score (nSPS) is 23.8. The van der Waals surface area contributed by atoms with Crippen molar-refractivity contribution in [2.24, 2.45) is 9.98 Å². The lowest BCUT2D eigenvalue weighted by atomic mass is 9.76. The number of ether oxygens (including phenoxy) is 1. The van der Waals surface area contributed by atoms with Gasteiger partial charge in [-0.25, -0.2) is 13.4 Å². The molecule has 2 heterocycles. The average molecular weight is 512 g/mol. The Kier molecular flexibility index (Phi) is 6.08. The van der Waals surface area contributed by atoms with Crippen LogP contribution in [-0.4, -0.2) is 31.6 Å². The average Bonchev–Trinajstić information content (AvgIpc) is 3.34. The van der Waals surface area contributed by atoms with E-state index in [0.29, 0.717) is 22.1 Å². The third-order valence-corrected chi connectivity index (χ3v) is 8.92. The first kappa shape index (κ1) is 23.5. The molecule has 0 aromatic heterocycles. The molecule has 1 N–H and O–H groups in total. The molecule has 0 bridgehead atoms.